The Hall–Kier alpha value is -6.84. The van der Waals surface area contributed by atoms with E-state index in [0.717, 1.165) is 61.1 Å². The van der Waals surface area contributed by atoms with E-state index in [1.165, 1.54) is 43.8 Å². The maximum absolute atomic E-state index is 4.90. The van der Waals surface area contributed by atoms with Gasteiger partial charge in [-0.2, -0.15) is 0 Å². The highest BCUT2D eigenvalue weighted by molar-refractivity contribution is 6.14. The summed E-state index contributed by atoms with van der Waals surface area (Å²) in [7, 11) is 0. The van der Waals surface area contributed by atoms with Gasteiger partial charge >= 0.3 is 0 Å². The number of imidazole rings is 1. The average molecular weight is 664 g/mol. The highest BCUT2D eigenvalue weighted by Gasteiger charge is 2.17. The summed E-state index contributed by atoms with van der Waals surface area (Å²) in [6.07, 6.45) is 2.20. The number of nitrogens with zero attached hydrogens (tertiary/aromatic N) is 3. The number of hydrogen-bond acceptors (Lipinski definition) is 2. The van der Waals surface area contributed by atoms with Crippen molar-refractivity contribution in [2.75, 3.05) is 0 Å². The quantitative estimate of drug-likeness (QED) is 0.172. The van der Waals surface area contributed by atoms with E-state index in [1.807, 2.05) is 12.1 Å². The molecule has 0 aliphatic heterocycles. The molecule has 7 aromatic carbocycles. The van der Waals surface area contributed by atoms with Gasteiger partial charge < -0.3 is 0 Å². The lowest BCUT2D eigenvalue weighted by Gasteiger charge is -2.18. The number of pyridine rings is 2. The van der Waals surface area contributed by atoms with Gasteiger partial charge in [-0.1, -0.05) is 122 Å². The van der Waals surface area contributed by atoms with E-state index in [1.54, 1.807) is 0 Å². The van der Waals surface area contributed by atoms with Crippen molar-refractivity contribution in [1.82, 2.24) is 14.4 Å². The van der Waals surface area contributed by atoms with Crippen molar-refractivity contribution in [3.8, 4) is 33.4 Å². The third-order valence-corrected chi connectivity index (χ3v) is 10.5. The Balaban J connectivity index is 1.22. The molecule has 3 aromatic heterocycles. The van der Waals surface area contributed by atoms with Crippen LogP contribution in [0, 0.1) is 6.92 Å². The fourth-order valence-corrected chi connectivity index (χ4v) is 7.84. The molecule has 0 amide bonds. The highest BCUT2D eigenvalue weighted by Crippen LogP contribution is 2.40. The fourth-order valence-electron chi connectivity index (χ4n) is 7.84. The largest absolute Gasteiger partial charge is 0.297 e. The Morgan fingerprint density at radius 2 is 1.21 bits per heavy atom. The van der Waals surface area contributed by atoms with Crippen LogP contribution in [0.25, 0.3) is 88.2 Å². The minimum Gasteiger partial charge on any atom is -0.297 e. The van der Waals surface area contributed by atoms with E-state index < -0.39 is 0 Å². The minimum atomic E-state index is 0.745. The summed E-state index contributed by atoms with van der Waals surface area (Å²) in [4.78, 5) is 9.79. The lowest BCUT2D eigenvalue weighted by atomic mass is 9.86. The molecule has 244 valence electrons. The smallest absolute Gasteiger partial charge is 0.179 e. The maximum Gasteiger partial charge on any atom is 0.179 e. The van der Waals surface area contributed by atoms with E-state index in [2.05, 4.69) is 169 Å². The average Bonchev–Trinajstić information content (AvgIpc) is 3.56. The zero-order valence-corrected chi connectivity index (χ0v) is 28.7. The molecular formula is C49H33N3. The molecule has 3 heteroatoms. The van der Waals surface area contributed by atoms with Crippen molar-refractivity contribution < 1.29 is 0 Å². The molecule has 0 radical (unpaired) electrons. The van der Waals surface area contributed by atoms with Gasteiger partial charge in [0.25, 0.3) is 0 Å². The Kier molecular flexibility index (Phi) is 6.87. The summed E-state index contributed by atoms with van der Waals surface area (Å²) in [5.41, 5.74) is 14.9. The Morgan fingerprint density at radius 1 is 0.519 bits per heavy atom. The molecule has 52 heavy (non-hydrogen) atoms. The van der Waals surface area contributed by atoms with Crippen LogP contribution in [-0.4, -0.2) is 14.4 Å². The van der Waals surface area contributed by atoms with E-state index >= 15 is 0 Å². The second-order valence-electron chi connectivity index (χ2n) is 13.6. The first kappa shape index (κ1) is 30.0. The minimum absolute atomic E-state index is 0.745. The van der Waals surface area contributed by atoms with Gasteiger partial charge in [-0.3, -0.25) is 4.40 Å². The van der Waals surface area contributed by atoms with Crippen LogP contribution in [0.1, 0.15) is 16.7 Å². The third-order valence-electron chi connectivity index (χ3n) is 10.5. The highest BCUT2D eigenvalue weighted by atomic mass is 15.0. The predicted molar refractivity (Wildman–Crippen MR) is 219 cm³/mol. The van der Waals surface area contributed by atoms with Gasteiger partial charge in [-0.05, 0) is 133 Å². The molecule has 0 aliphatic rings. The van der Waals surface area contributed by atoms with Gasteiger partial charge in [-0.25, -0.2) is 9.97 Å². The van der Waals surface area contributed by atoms with Crippen LogP contribution in [-0.2, 0) is 0 Å². The van der Waals surface area contributed by atoms with Gasteiger partial charge in [0.05, 0.1) is 11.0 Å². The third kappa shape index (κ3) is 4.90. The fraction of sp³-hybridized carbons (Fsp3) is 0.0204. The van der Waals surface area contributed by atoms with Crippen LogP contribution in [0.4, 0.5) is 0 Å². The van der Waals surface area contributed by atoms with E-state index in [-0.39, 0.29) is 0 Å². The van der Waals surface area contributed by atoms with Crippen LogP contribution < -0.4 is 0 Å². The van der Waals surface area contributed by atoms with Gasteiger partial charge in [-0.15, -0.1) is 0 Å². The standard InChI is InChI=1S/C49H33N3/c1-31-13-3-6-16-39(31)42-19-9-8-17-40(42)32(2)36-25-37(27-38(26-36)45-28-33-14-4-7-18-41(33)43-20-10-11-21-44(43)45)35-23-24-48-51-49-47(52(48)30-35)29-34-15-5-12-22-46(34)50-49/h3-30H,2H2,1H3. The second-order valence-corrected chi connectivity index (χ2v) is 13.6. The van der Waals surface area contributed by atoms with Crippen molar-refractivity contribution in [1.29, 1.82) is 0 Å². The van der Waals surface area contributed by atoms with Crippen molar-refractivity contribution >= 4 is 54.8 Å². The van der Waals surface area contributed by atoms with Crippen LogP contribution in [0.15, 0.2) is 177 Å². The van der Waals surface area contributed by atoms with Crippen molar-refractivity contribution in [2.24, 2.45) is 0 Å². The molecule has 0 N–H and O–H groups in total. The number of fused-ring (bicyclic) bond motifs is 7. The van der Waals surface area contributed by atoms with Crippen molar-refractivity contribution in [3.05, 3.63) is 193 Å². The van der Waals surface area contributed by atoms with Gasteiger partial charge in [0, 0.05) is 11.6 Å². The molecule has 3 nitrogen and oxygen atoms in total. The first-order valence-electron chi connectivity index (χ1n) is 17.7. The summed E-state index contributed by atoms with van der Waals surface area (Å²) in [5, 5.41) is 6.05. The van der Waals surface area contributed by atoms with Crippen LogP contribution >= 0.6 is 0 Å². The number of aromatic nitrogens is 3. The normalized spacial score (nSPS) is 11.6. The van der Waals surface area contributed by atoms with Gasteiger partial charge in [0.1, 0.15) is 5.65 Å². The van der Waals surface area contributed by atoms with E-state index in [0.29, 0.717) is 0 Å². The number of benzene rings is 7. The molecule has 3 heterocycles. The number of para-hydroxylation sites is 1. The molecule has 0 spiro atoms. The first-order chi connectivity index (χ1) is 25.6. The number of aryl methyl sites for hydroxylation is 1. The summed E-state index contributed by atoms with van der Waals surface area (Å²) in [6, 6.07) is 58.6. The maximum atomic E-state index is 4.90. The van der Waals surface area contributed by atoms with Crippen molar-refractivity contribution in [3.63, 3.8) is 0 Å². The second kappa shape index (κ2) is 11.9. The molecular weight excluding hydrogens is 631 g/mol. The molecule has 0 atom stereocenters. The summed E-state index contributed by atoms with van der Waals surface area (Å²) in [6.45, 7) is 6.95. The van der Waals surface area contributed by atoms with Crippen LogP contribution in [0.3, 0.4) is 0 Å². The summed E-state index contributed by atoms with van der Waals surface area (Å²) >= 11 is 0. The van der Waals surface area contributed by atoms with Gasteiger partial charge in [0.15, 0.2) is 5.65 Å². The SMILES string of the molecule is C=C(c1cc(-c2ccc3nc4nc5ccccc5cc4n3c2)cc(-c2cc3ccccc3c3ccccc23)c1)c1ccccc1-c1ccccc1C. The van der Waals surface area contributed by atoms with Crippen LogP contribution in [0.5, 0.6) is 0 Å². The topological polar surface area (TPSA) is 30.2 Å². The zero-order chi connectivity index (χ0) is 34.8. The molecule has 0 saturated heterocycles. The molecule has 0 aliphatic carbocycles. The summed E-state index contributed by atoms with van der Waals surface area (Å²) < 4.78 is 2.17. The lowest BCUT2D eigenvalue weighted by molar-refractivity contribution is 1.23. The molecule has 0 bridgehead atoms. The first-order valence-corrected chi connectivity index (χ1v) is 17.7. The monoisotopic (exact) mass is 663 g/mol. The number of rotatable bonds is 5. The number of hydrogen-bond donors (Lipinski definition) is 0. The summed E-state index contributed by atoms with van der Waals surface area (Å²) in [5.74, 6) is 0. The predicted octanol–water partition coefficient (Wildman–Crippen LogP) is 12.7. The van der Waals surface area contributed by atoms with Gasteiger partial charge in [0.2, 0.25) is 0 Å². The Bertz CT molecular complexity index is 3060. The zero-order valence-electron chi connectivity index (χ0n) is 28.7. The van der Waals surface area contributed by atoms with Crippen molar-refractivity contribution in [2.45, 2.75) is 6.92 Å². The molecule has 10 rings (SSSR count). The van der Waals surface area contributed by atoms with E-state index in [9.17, 15) is 0 Å². The molecule has 0 unspecified atom stereocenters. The Morgan fingerprint density at radius 3 is 2.08 bits per heavy atom. The van der Waals surface area contributed by atoms with E-state index in [4.69, 9.17) is 16.5 Å². The molecule has 0 fully saturated rings. The molecule has 10 aromatic rings. The molecule has 0 saturated carbocycles. The Labute approximate surface area is 301 Å². The lowest BCUT2D eigenvalue weighted by Crippen LogP contribution is -1.95. The van der Waals surface area contributed by atoms with Crippen LogP contribution in [0.2, 0.25) is 0 Å².